The number of amides is 1. The molecule has 0 unspecified atom stereocenters. The number of rotatable bonds is 4. The summed E-state index contributed by atoms with van der Waals surface area (Å²) in [4.78, 5) is 37.0. The number of benzene rings is 1. The van der Waals surface area contributed by atoms with Crippen LogP contribution in [-0.2, 0) is 16.1 Å². The van der Waals surface area contributed by atoms with Crippen LogP contribution in [0.1, 0.15) is 19.3 Å². The highest BCUT2D eigenvalue weighted by Crippen LogP contribution is 2.18. The van der Waals surface area contributed by atoms with Crippen molar-refractivity contribution in [3.63, 3.8) is 0 Å². The molecule has 1 N–H and O–H groups in total. The van der Waals surface area contributed by atoms with E-state index < -0.39 is 12.0 Å². The number of fused-ring (bicyclic) bond motifs is 1. The Morgan fingerprint density at radius 1 is 1.30 bits per heavy atom. The summed E-state index contributed by atoms with van der Waals surface area (Å²) in [6, 6.07) is 6.10. The molecule has 0 bridgehead atoms. The number of aliphatic carboxylic acids is 1. The minimum Gasteiger partial charge on any atom is -0.480 e. The summed E-state index contributed by atoms with van der Waals surface area (Å²) in [5.74, 6) is -1.27. The van der Waals surface area contributed by atoms with Gasteiger partial charge in [0.1, 0.15) is 11.6 Å². The normalized spacial score (nSPS) is 17.6. The van der Waals surface area contributed by atoms with Crippen LogP contribution in [0, 0.1) is 0 Å². The average molecular weight is 316 g/mol. The Labute approximate surface area is 131 Å². The zero-order valence-corrected chi connectivity index (χ0v) is 12.4. The first-order chi connectivity index (χ1) is 11.1. The number of aryl methyl sites for hydroxylation is 1. The van der Waals surface area contributed by atoms with Crippen molar-refractivity contribution in [3.8, 4) is 0 Å². The lowest BCUT2D eigenvalue weighted by molar-refractivity contribution is -0.148. The van der Waals surface area contributed by atoms with Crippen LogP contribution in [-0.4, -0.2) is 49.5 Å². The molecule has 1 saturated heterocycles. The SMILES string of the molecule is O=C(O)[C@@H]1CCCN1C(=O)CCn1nnc2ccccc2c1=O. The van der Waals surface area contributed by atoms with Crippen molar-refractivity contribution in [3.05, 3.63) is 34.6 Å². The predicted molar refractivity (Wildman–Crippen MR) is 80.8 cm³/mol. The van der Waals surface area contributed by atoms with Gasteiger partial charge in [0, 0.05) is 13.0 Å². The van der Waals surface area contributed by atoms with E-state index >= 15 is 0 Å². The second-order valence-electron chi connectivity index (χ2n) is 5.47. The molecule has 2 aromatic rings. The lowest BCUT2D eigenvalue weighted by Crippen LogP contribution is -2.41. The Kier molecular flexibility index (Phi) is 4.05. The molecule has 23 heavy (non-hydrogen) atoms. The van der Waals surface area contributed by atoms with Gasteiger partial charge in [-0.05, 0) is 25.0 Å². The van der Waals surface area contributed by atoms with Crippen LogP contribution in [0.15, 0.2) is 29.1 Å². The highest BCUT2D eigenvalue weighted by Gasteiger charge is 2.33. The molecule has 3 rings (SSSR count). The summed E-state index contributed by atoms with van der Waals surface area (Å²) in [6.07, 6.45) is 1.17. The van der Waals surface area contributed by atoms with E-state index in [0.717, 1.165) is 4.68 Å². The van der Waals surface area contributed by atoms with Crippen molar-refractivity contribution in [1.82, 2.24) is 19.9 Å². The van der Waals surface area contributed by atoms with Gasteiger partial charge in [0.25, 0.3) is 5.56 Å². The molecule has 1 fully saturated rings. The molecular formula is C15H16N4O4. The fourth-order valence-electron chi connectivity index (χ4n) is 2.84. The minimum absolute atomic E-state index is 0.0245. The van der Waals surface area contributed by atoms with Crippen molar-refractivity contribution in [2.24, 2.45) is 0 Å². The average Bonchev–Trinajstić information content (AvgIpc) is 3.04. The molecule has 0 aliphatic carbocycles. The number of nitrogens with zero attached hydrogens (tertiary/aromatic N) is 4. The number of carbonyl (C=O) groups excluding carboxylic acids is 1. The topological polar surface area (TPSA) is 105 Å². The summed E-state index contributed by atoms with van der Waals surface area (Å²) < 4.78 is 1.14. The van der Waals surface area contributed by atoms with E-state index in [9.17, 15) is 14.4 Å². The maximum absolute atomic E-state index is 12.3. The van der Waals surface area contributed by atoms with Crippen LogP contribution in [0.2, 0.25) is 0 Å². The molecule has 0 radical (unpaired) electrons. The van der Waals surface area contributed by atoms with Gasteiger partial charge >= 0.3 is 5.97 Å². The first-order valence-electron chi connectivity index (χ1n) is 7.43. The van der Waals surface area contributed by atoms with Crippen molar-refractivity contribution >= 4 is 22.8 Å². The third-order valence-corrected chi connectivity index (χ3v) is 4.02. The van der Waals surface area contributed by atoms with Crippen LogP contribution >= 0.6 is 0 Å². The molecule has 120 valence electrons. The quantitative estimate of drug-likeness (QED) is 0.867. The smallest absolute Gasteiger partial charge is 0.326 e. The predicted octanol–water partition coefficient (Wildman–Crippen LogP) is 0.257. The van der Waals surface area contributed by atoms with E-state index in [-0.39, 0.29) is 24.4 Å². The Balaban J connectivity index is 1.73. The molecule has 0 saturated carbocycles. The Morgan fingerprint density at radius 2 is 2.09 bits per heavy atom. The summed E-state index contributed by atoms with van der Waals surface area (Å²) in [5.41, 5.74) is 0.199. The molecule has 1 aliphatic rings. The number of likely N-dealkylation sites (tertiary alicyclic amines) is 1. The molecule has 1 aromatic heterocycles. The summed E-state index contributed by atoms with van der Waals surface area (Å²) in [7, 11) is 0. The van der Waals surface area contributed by atoms with Crippen molar-refractivity contribution in [2.45, 2.75) is 31.8 Å². The molecule has 0 spiro atoms. The van der Waals surface area contributed by atoms with E-state index in [2.05, 4.69) is 10.3 Å². The van der Waals surface area contributed by atoms with Crippen LogP contribution in [0.25, 0.3) is 10.9 Å². The highest BCUT2D eigenvalue weighted by atomic mass is 16.4. The largest absolute Gasteiger partial charge is 0.480 e. The fraction of sp³-hybridized carbons (Fsp3) is 0.400. The zero-order chi connectivity index (χ0) is 16.4. The lowest BCUT2D eigenvalue weighted by atomic mass is 10.2. The minimum atomic E-state index is -0.987. The van der Waals surface area contributed by atoms with E-state index in [4.69, 9.17) is 5.11 Å². The fourth-order valence-corrected chi connectivity index (χ4v) is 2.84. The van der Waals surface area contributed by atoms with Crippen molar-refractivity contribution in [1.29, 1.82) is 0 Å². The van der Waals surface area contributed by atoms with E-state index in [1.165, 1.54) is 4.90 Å². The van der Waals surface area contributed by atoms with Crippen LogP contribution < -0.4 is 5.56 Å². The Morgan fingerprint density at radius 3 is 2.87 bits per heavy atom. The molecular weight excluding hydrogens is 300 g/mol. The summed E-state index contributed by atoms with van der Waals surface area (Å²) in [5, 5.41) is 17.3. The molecule has 1 aromatic carbocycles. The van der Waals surface area contributed by atoms with Gasteiger partial charge in [0.05, 0.1) is 11.9 Å². The molecule has 1 aliphatic heterocycles. The maximum atomic E-state index is 12.3. The highest BCUT2D eigenvalue weighted by molar-refractivity contribution is 5.84. The van der Waals surface area contributed by atoms with E-state index in [1.54, 1.807) is 24.3 Å². The Bertz CT molecular complexity index is 816. The third kappa shape index (κ3) is 2.92. The molecule has 8 heteroatoms. The maximum Gasteiger partial charge on any atom is 0.326 e. The van der Waals surface area contributed by atoms with Crippen LogP contribution in [0.5, 0.6) is 0 Å². The third-order valence-electron chi connectivity index (χ3n) is 4.02. The number of carboxylic acids is 1. The second-order valence-corrected chi connectivity index (χ2v) is 5.47. The lowest BCUT2D eigenvalue weighted by Gasteiger charge is -2.21. The van der Waals surface area contributed by atoms with Gasteiger partial charge < -0.3 is 10.0 Å². The standard InChI is InChI=1S/C15H16N4O4/c20-13(18-8-3-6-12(18)15(22)23)7-9-19-14(21)10-4-1-2-5-11(10)16-17-19/h1-2,4-5,12H,3,6-9H2,(H,22,23)/t12-/m0/s1. The first-order valence-corrected chi connectivity index (χ1v) is 7.43. The summed E-state index contributed by atoms with van der Waals surface area (Å²) in [6.45, 7) is 0.520. The Hall–Kier alpha value is -2.77. The van der Waals surface area contributed by atoms with Gasteiger partial charge in [-0.3, -0.25) is 9.59 Å². The van der Waals surface area contributed by atoms with E-state index in [0.29, 0.717) is 30.3 Å². The van der Waals surface area contributed by atoms with Gasteiger partial charge in [-0.25, -0.2) is 9.48 Å². The molecule has 1 amide bonds. The number of hydrogen-bond donors (Lipinski definition) is 1. The number of hydrogen-bond acceptors (Lipinski definition) is 5. The number of aromatic nitrogens is 3. The zero-order valence-electron chi connectivity index (χ0n) is 12.4. The monoisotopic (exact) mass is 316 g/mol. The second kappa shape index (κ2) is 6.15. The van der Waals surface area contributed by atoms with Crippen molar-refractivity contribution in [2.75, 3.05) is 6.54 Å². The van der Waals surface area contributed by atoms with Gasteiger partial charge in [0.15, 0.2) is 0 Å². The van der Waals surface area contributed by atoms with Gasteiger partial charge in [-0.2, -0.15) is 0 Å². The van der Waals surface area contributed by atoms with Gasteiger partial charge in [-0.1, -0.05) is 17.3 Å². The summed E-state index contributed by atoms with van der Waals surface area (Å²) >= 11 is 0. The van der Waals surface area contributed by atoms with Gasteiger partial charge in [0.2, 0.25) is 5.91 Å². The molecule has 1 atom stereocenters. The van der Waals surface area contributed by atoms with Gasteiger partial charge in [-0.15, -0.1) is 5.10 Å². The number of carbonyl (C=O) groups is 2. The first kappa shape index (κ1) is 15.1. The van der Waals surface area contributed by atoms with Crippen LogP contribution in [0.3, 0.4) is 0 Å². The number of carboxylic acid groups (broad SMARTS) is 1. The molecule has 8 nitrogen and oxygen atoms in total. The molecule has 2 heterocycles. The van der Waals surface area contributed by atoms with Crippen molar-refractivity contribution < 1.29 is 14.7 Å². The van der Waals surface area contributed by atoms with E-state index in [1.807, 2.05) is 0 Å². The van der Waals surface area contributed by atoms with Crippen LogP contribution in [0.4, 0.5) is 0 Å².